The molecular weight excluding hydrogens is 288 g/mol. The van der Waals surface area contributed by atoms with Crippen LogP contribution in [0.1, 0.15) is 57.6 Å². The lowest BCUT2D eigenvalue weighted by molar-refractivity contribution is 0.101. The molecule has 2 saturated heterocycles. The van der Waals surface area contributed by atoms with Gasteiger partial charge >= 0.3 is 0 Å². The highest BCUT2D eigenvalue weighted by atomic mass is 35.5. The van der Waals surface area contributed by atoms with Gasteiger partial charge in [-0.1, -0.05) is 18.5 Å². The first-order chi connectivity index (χ1) is 9.67. The third-order valence-electron chi connectivity index (χ3n) is 4.97. The Hall–Kier alpha value is -0.0900. The largest absolute Gasteiger partial charge is 0.311 e. The Morgan fingerprint density at radius 3 is 2.65 bits per heavy atom. The summed E-state index contributed by atoms with van der Waals surface area (Å²) in [6.45, 7) is 5.83. The average molecular weight is 313 g/mol. The zero-order valence-corrected chi connectivity index (χ0v) is 14.0. The molecule has 3 heterocycles. The molecule has 3 unspecified atom stereocenters. The summed E-state index contributed by atoms with van der Waals surface area (Å²) in [5.74, 6) is 0. The Kier molecular flexibility index (Phi) is 4.71. The minimum Gasteiger partial charge on any atom is -0.311 e. The van der Waals surface area contributed by atoms with E-state index >= 15 is 0 Å². The molecule has 2 nitrogen and oxygen atoms in total. The Balaban J connectivity index is 1.74. The number of piperidine rings is 1. The van der Waals surface area contributed by atoms with E-state index in [1.807, 2.05) is 0 Å². The predicted molar refractivity (Wildman–Crippen MR) is 87.7 cm³/mol. The lowest BCUT2D eigenvalue weighted by Gasteiger charge is -2.41. The van der Waals surface area contributed by atoms with Gasteiger partial charge in [-0.2, -0.15) is 0 Å². The predicted octanol–water partition coefficient (Wildman–Crippen LogP) is 4.46. The lowest BCUT2D eigenvalue weighted by atomic mass is 9.95. The molecule has 2 aliphatic rings. The molecule has 3 atom stereocenters. The van der Waals surface area contributed by atoms with Gasteiger partial charge in [0, 0.05) is 24.2 Å². The Bertz CT molecular complexity index is 435. The normalized spacial score (nSPS) is 30.9. The first kappa shape index (κ1) is 14.8. The summed E-state index contributed by atoms with van der Waals surface area (Å²) in [6.07, 6.45) is 6.61. The van der Waals surface area contributed by atoms with Crippen LogP contribution >= 0.6 is 22.9 Å². The van der Waals surface area contributed by atoms with Crippen LogP contribution in [-0.4, -0.2) is 29.6 Å². The smallest absolute Gasteiger partial charge is 0.0931 e. The van der Waals surface area contributed by atoms with E-state index in [1.54, 1.807) is 11.3 Å². The highest BCUT2D eigenvalue weighted by molar-refractivity contribution is 7.14. The van der Waals surface area contributed by atoms with Gasteiger partial charge in [-0.25, -0.2) is 0 Å². The molecule has 1 aromatic heterocycles. The number of nitrogens with zero attached hydrogens (tertiary/aromatic N) is 1. The molecule has 2 fully saturated rings. The summed E-state index contributed by atoms with van der Waals surface area (Å²) in [5.41, 5.74) is 1.39. The van der Waals surface area contributed by atoms with Crippen LogP contribution in [0.25, 0.3) is 0 Å². The number of hydrogen-bond donors (Lipinski definition) is 1. The van der Waals surface area contributed by atoms with Crippen molar-refractivity contribution >= 4 is 22.9 Å². The molecule has 1 N–H and O–H groups in total. The molecule has 2 bridgehead atoms. The maximum absolute atomic E-state index is 6.12. The van der Waals surface area contributed by atoms with Crippen molar-refractivity contribution in [3.8, 4) is 0 Å². The third-order valence-corrected chi connectivity index (χ3v) is 6.08. The number of hydrogen-bond acceptors (Lipinski definition) is 3. The van der Waals surface area contributed by atoms with Crippen LogP contribution in [0.15, 0.2) is 11.4 Å². The molecule has 4 heteroatoms. The van der Waals surface area contributed by atoms with Gasteiger partial charge in [-0.3, -0.25) is 4.90 Å². The van der Waals surface area contributed by atoms with Crippen molar-refractivity contribution in [2.24, 2.45) is 0 Å². The van der Waals surface area contributed by atoms with Crippen LogP contribution in [0, 0.1) is 0 Å². The van der Waals surface area contributed by atoms with Crippen LogP contribution in [0.5, 0.6) is 0 Å². The maximum atomic E-state index is 6.12. The van der Waals surface area contributed by atoms with Crippen LogP contribution in [0.2, 0.25) is 4.34 Å². The second kappa shape index (κ2) is 6.35. The van der Waals surface area contributed by atoms with Crippen molar-refractivity contribution in [2.45, 2.75) is 70.1 Å². The minimum absolute atomic E-state index is 0.487. The summed E-state index contributed by atoms with van der Waals surface area (Å²) < 4.78 is 0.911. The van der Waals surface area contributed by atoms with E-state index < -0.39 is 0 Å². The molecule has 0 radical (unpaired) electrons. The van der Waals surface area contributed by atoms with Crippen LogP contribution < -0.4 is 5.32 Å². The van der Waals surface area contributed by atoms with E-state index in [9.17, 15) is 0 Å². The number of thiophene rings is 1. The van der Waals surface area contributed by atoms with Crippen molar-refractivity contribution in [1.82, 2.24) is 10.2 Å². The Morgan fingerprint density at radius 2 is 2.10 bits per heavy atom. The Labute approximate surface area is 131 Å². The number of rotatable bonds is 5. The summed E-state index contributed by atoms with van der Waals surface area (Å²) in [4.78, 5) is 2.73. The summed E-state index contributed by atoms with van der Waals surface area (Å²) in [5, 5.41) is 5.98. The van der Waals surface area contributed by atoms with Crippen molar-refractivity contribution in [3.05, 3.63) is 21.3 Å². The molecule has 0 amide bonds. The fraction of sp³-hybridized carbons (Fsp3) is 0.750. The SMILES string of the molecule is CCCN(C1CC2CCC(C1)N2)C(C)c1csc(Cl)c1. The molecule has 0 aliphatic carbocycles. The summed E-state index contributed by atoms with van der Waals surface area (Å²) in [7, 11) is 0. The van der Waals surface area contributed by atoms with Crippen molar-refractivity contribution < 1.29 is 0 Å². The van der Waals surface area contributed by atoms with Gasteiger partial charge < -0.3 is 5.32 Å². The van der Waals surface area contributed by atoms with Crippen molar-refractivity contribution in [2.75, 3.05) is 6.54 Å². The fourth-order valence-electron chi connectivity index (χ4n) is 3.98. The van der Waals surface area contributed by atoms with Gasteiger partial charge in [-0.05, 0) is 62.6 Å². The van der Waals surface area contributed by atoms with Crippen LogP contribution in [-0.2, 0) is 0 Å². The average Bonchev–Trinajstić information content (AvgIpc) is 3.01. The van der Waals surface area contributed by atoms with Gasteiger partial charge in [0.15, 0.2) is 0 Å². The summed E-state index contributed by atoms with van der Waals surface area (Å²) >= 11 is 7.77. The monoisotopic (exact) mass is 312 g/mol. The van der Waals surface area contributed by atoms with E-state index in [4.69, 9.17) is 11.6 Å². The van der Waals surface area contributed by atoms with Crippen molar-refractivity contribution in [1.29, 1.82) is 0 Å². The summed E-state index contributed by atoms with van der Waals surface area (Å²) in [6, 6.07) is 4.89. The zero-order valence-electron chi connectivity index (χ0n) is 12.4. The van der Waals surface area contributed by atoms with Crippen LogP contribution in [0.3, 0.4) is 0 Å². The number of halogens is 1. The molecule has 20 heavy (non-hydrogen) atoms. The molecule has 0 saturated carbocycles. The second-order valence-corrected chi connectivity index (χ2v) is 7.90. The third kappa shape index (κ3) is 3.06. The van der Waals surface area contributed by atoms with Crippen LogP contribution in [0.4, 0.5) is 0 Å². The first-order valence-electron chi connectivity index (χ1n) is 7.93. The zero-order chi connectivity index (χ0) is 14.1. The maximum Gasteiger partial charge on any atom is 0.0931 e. The van der Waals surface area contributed by atoms with Gasteiger partial charge in [0.2, 0.25) is 0 Å². The number of nitrogens with one attached hydrogen (secondary N) is 1. The number of fused-ring (bicyclic) bond motifs is 2. The van der Waals surface area contributed by atoms with E-state index in [1.165, 1.54) is 44.2 Å². The lowest BCUT2D eigenvalue weighted by Crippen LogP contribution is -2.49. The molecule has 2 aliphatic heterocycles. The van der Waals surface area contributed by atoms with E-state index in [2.05, 4.69) is 35.5 Å². The first-order valence-corrected chi connectivity index (χ1v) is 9.19. The second-order valence-electron chi connectivity index (χ2n) is 6.36. The van der Waals surface area contributed by atoms with Gasteiger partial charge in [0.1, 0.15) is 0 Å². The van der Waals surface area contributed by atoms with Gasteiger partial charge in [0.25, 0.3) is 0 Å². The quantitative estimate of drug-likeness (QED) is 0.863. The van der Waals surface area contributed by atoms with E-state index in [0.717, 1.165) is 22.5 Å². The van der Waals surface area contributed by atoms with E-state index in [0.29, 0.717) is 6.04 Å². The molecule has 0 aromatic carbocycles. The molecule has 0 spiro atoms. The standard InChI is InChI=1S/C16H25ClN2S/c1-3-6-19(11(2)12-7-16(17)20-10-12)15-8-13-4-5-14(9-15)18-13/h7,10-11,13-15,18H,3-6,8-9H2,1-2H3. The highest BCUT2D eigenvalue weighted by Gasteiger charge is 2.37. The molecular formula is C16H25ClN2S. The molecule has 1 aromatic rings. The molecule has 112 valence electrons. The Morgan fingerprint density at radius 1 is 1.40 bits per heavy atom. The van der Waals surface area contributed by atoms with Gasteiger partial charge in [-0.15, -0.1) is 11.3 Å². The topological polar surface area (TPSA) is 15.3 Å². The molecule has 3 rings (SSSR count). The highest BCUT2D eigenvalue weighted by Crippen LogP contribution is 2.35. The van der Waals surface area contributed by atoms with Gasteiger partial charge in [0.05, 0.1) is 4.34 Å². The van der Waals surface area contributed by atoms with E-state index in [-0.39, 0.29) is 0 Å². The van der Waals surface area contributed by atoms with Crippen molar-refractivity contribution in [3.63, 3.8) is 0 Å². The minimum atomic E-state index is 0.487. The fourth-order valence-corrected chi connectivity index (χ4v) is 4.96.